The zero-order valence-corrected chi connectivity index (χ0v) is 18.2. The van der Waals surface area contributed by atoms with Crippen LogP contribution in [0.25, 0.3) is 17.0 Å². The summed E-state index contributed by atoms with van der Waals surface area (Å²) in [7, 11) is 1.61. The van der Waals surface area contributed by atoms with Crippen molar-refractivity contribution in [2.24, 2.45) is 4.99 Å². The van der Waals surface area contributed by atoms with Crippen LogP contribution in [-0.2, 0) is 16.2 Å². The molecule has 2 aliphatic rings. The van der Waals surface area contributed by atoms with E-state index in [-0.39, 0.29) is 11.4 Å². The molecule has 5 rings (SSSR count). The summed E-state index contributed by atoms with van der Waals surface area (Å²) in [6.07, 6.45) is 5.29. The Labute approximate surface area is 190 Å². The molecule has 1 N–H and O–H groups in total. The smallest absolute Gasteiger partial charge is 0.282 e. The molecule has 0 bridgehead atoms. The van der Waals surface area contributed by atoms with Crippen molar-refractivity contribution in [2.45, 2.75) is 13.5 Å². The number of hydroxylamine groups is 2. The molecule has 0 saturated carbocycles. The van der Waals surface area contributed by atoms with Crippen molar-refractivity contribution < 1.29 is 19.1 Å². The maximum atomic E-state index is 12.6. The molecule has 3 aromatic rings. The van der Waals surface area contributed by atoms with Gasteiger partial charge in [0.15, 0.2) is 23.2 Å². The quantitative estimate of drug-likeness (QED) is 0.579. The molecule has 166 valence electrons. The van der Waals surface area contributed by atoms with E-state index in [4.69, 9.17) is 19.7 Å². The van der Waals surface area contributed by atoms with E-state index in [9.17, 15) is 4.79 Å². The fourth-order valence-electron chi connectivity index (χ4n) is 3.92. The number of aromatic nitrogens is 1. The van der Waals surface area contributed by atoms with Crippen LogP contribution < -0.4 is 9.47 Å². The van der Waals surface area contributed by atoms with Crippen LogP contribution in [0.1, 0.15) is 12.5 Å². The number of hydrogen-bond donors (Lipinski definition) is 1. The molecule has 8 heteroatoms. The second kappa shape index (κ2) is 8.31. The lowest BCUT2D eigenvalue weighted by Gasteiger charge is -2.22. The molecule has 0 radical (unpaired) electrons. The van der Waals surface area contributed by atoms with Crippen LogP contribution in [0.15, 0.2) is 77.1 Å². The maximum Gasteiger partial charge on any atom is 0.282 e. The number of fused-ring (bicyclic) bond motifs is 2. The average Bonchev–Trinajstić information content (AvgIpc) is 3.37. The van der Waals surface area contributed by atoms with Crippen LogP contribution in [0.4, 0.5) is 0 Å². The largest absolute Gasteiger partial charge is 0.493 e. The van der Waals surface area contributed by atoms with Gasteiger partial charge in [-0.05, 0) is 31.2 Å². The first kappa shape index (κ1) is 20.6. The van der Waals surface area contributed by atoms with Crippen LogP contribution in [0.2, 0.25) is 0 Å². The summed E-state index contributed by atoms with van der Waals surface area (Å²) < 4.78 is 13.3. The fourth-order valence-corrected chi connectivity index (χ4v) is 3.92. The van der Waals surface area contributed by atoms with E-state index in [1.165, 1.54) is 5.06 Å². The van der Waals surface area contributed by atoms with Gasteiger partial charge >= 0.3 is 0 Å². The third-order valence-electron chi connectivity index (χ3n) is 5.46. The van der Waals surface area contributed by atoms with Gasteiger partial charge in [-0.1, -0.05) is 30.3 Å². The van der Waals surface area contributed by atoms with Gasteiger partial charge in [-0.2, -0.15) is 4.99 Å². The minimum absolute atomic E-state index is 0.0329. The molecular formula is C25H22N4O4. The molecule has 0 saturated heterocycles. The minimum Gasteiger partial charge on any atom is -0.493 e. The molecule has 2 aliphatic heterocycles. The molecule has 2 aromatic carbocycles. The third-order valence-corrected chi connectivity index (χ3v) is 5.46. The molecule has 1 aromatic heterocycles. The van der Waals surface area contributed by atoms with Crippen LogP contribution >= 0.6 is 0 Å². The highest BCUT2D eigenvalue weighted by molar-refractivity contribution is 6.32. The van der Waals surface area contributed by atoms with Crippen molar-refractivity contribution >= 4 is 34.6 Å². The number of methoxy groups -OCH3 is 1. The number of nitrogens with one attached hydrogen (secondary N) is 1. The van der Waals surface area contributed by atoms with Gasteiger partial charge in [-0.3, -0.25) is 10.2 Å². The lowest BCUT2D eigenvalue weighted by Crippen LogP contribution is -2.38. The topological polar surface area (TPSA) is 89.1 Å². The lowest BCUT2D eigenvalue weighted by atomic mass is 10.1. The summed E-state index contributed by atoms with van der Waals surface area (Å²) in [6.45, 7) is 2.78. The Morgan fingerprint density at radius 1 is 1.12 bits per heavy atom. The Kier molecular flexibility index (Phi) is 5.18. The highest BCUT2D eigenvalue weighted by atomic mass is 16.7. The van der Waals surface area contributed by atoms with Crippen LogP contribution in [0.3, 0.4) is 0 Å². The Morgan fingerprint density at radius 2 is 1.88 bits per heavy atom. The predicted octanol–water partition coefficient (Wildman–Crippen LogP) is 4.18. The average molecular weight is 442 g/mol. The molecule has 3 heterocycles. The number of carbonyl (C=O) groups is 1. The van der Waals surface area contributed by atoms with Crippen LogP contribution in [0, 0.1) is 5.41 Å². The summed E-state index contributed by atoms with van der Waals surface area (Å²) in [4.78, 5) is 22.2. The van der Waals surface area contributed by atoms with Gasteiger partial charge in [-0.25, -0.2) is 0 Å². The van der Waals surface area contributed by atoms with Crippen molar-refractivity contribution in [1.29, 1.82) is 5.41 Å². The molecule has 0 fully saturated rings. The van der Waals surface area contributed by atoms with Crippen molar-refractivity contribution in [2.75, 3.05) is 13.7 Å². The minimum atomic E-state index is -0.461. The number of para-hydroxylation sites is 3. The van der Waals surface area contributed by atoms with Crippen molar-refractivity contribution in [3.63, 3.8) is 0 Å². The van der Waals surface area contributed by atoms with E-state index in [2.05, 4.69) is 9.56 Å². The first-order valence-electron chi connectivity index (χ1n) is 10.5. The number of amides is 1. The van der Waals surface area contributed by atoms with E-state index in [0.717, 1.165) is 16.5 Å². The van der Waals surface area contributed by atoms with Crippen molar-refractivity contribution in [1.82, 2.24) is 9.63 Å². The molecule has 0 atom stereocenters. The number of rotatable bonds is 6. The van der Waals surface area contributed by atoms with E-state index >= 15 is 0 Å². The van der Waals surface area contributed by atoms with Gasteiger partial charge in [0.05, 0.1) is 19.2 Å². The zero-order chi connectivity index (χ0) is 22.9. The number of amidine groups is 2. The van der Waals surface area contributed by atoms with Crippen molar-refractivity contribution in [3.05, 3.63) is 77.7 Å². The monoisotopic (exact) mass is 442 g/mol. The summed E-state index contributed by atoms with van der Waals surface area (Å²) >= 11 is 0. The summed E-state index contributed by atoms with van der Waals surface area (Å²) in [5.41, 5.74) is 2.00. The van der Waals surface area contributed by atoms with Gasteiger partial charge in [0.2, 0.25) is 0 Å². The number of hydrogen-bond acceptors (Lipinski definition) is 5. The number of aliphatic imine (C=N–C) groups is 1. The molecule has 0 spiro atoms. The Balaban J connectivity index is 1.42. The number of allylic oxidation sites excluding steroid dienone is 1. The first-order chi connectivity index (χ1) is 16.0. The molecular weight excluding hydrogens is 420 g/mol. The van der Waals surface area contributed by atoms with Gasteiger partial charge < -0.3 is 18.9 Å². The zero-order valence-electron chi connectivity index (χ0n) is 18.2. The molecule has 33 heavy (non-hydrogen) atoms. The standard InChI is InChI=1S/C25H22N4O4/c1-16-13-23-27-25(30)19(24(26)29(23)33-16)14-17-15-28(20-8-4-3-7-18(17)20)11-12-32-22-10-6-5-9-21(22)31-2/h3-10,13-15,26H,11-12H2,1-2H3. The maximum absolute atomic E-state index is 12.6. The summed E-state index contributed by atoms with van der Waals surface area (Å²) in [6, 6.07) is 15.4. The predicted molar refractivity (Wildman–Crippen MR) is 125 cm³/mol. The first-order valence-corrected chi connectivity index (χ1v) is 10.5. The summed E-state index contributed by atoms with van der Waals surface area (Å²) in [5.74, 6) is 1.79. The second-order valence-electron chi connectivity index (χ2n) is 7.62. The van der Waals surface area contributed by atoms with E-state index < -0.39 is 5.91 Å². The Morgan fingerprint density at radius 3 is 2.70 bits per heavy atom. The molecule has 8 nitrogen and oxygen atoms in total. The Bertz CT molecular complexity index is 1370. The molecule has 1 amide bonds. The van der Waals surface area contributed by atoms with E-state index in [1.807, 2.05) is 54.7 Å². The fraction of sp³-hybridized carbons (Fsp3) is 0.160. The highest BCUT2D eigenvalue weighted by Crippen LogP contribution is 2.29. The summed E-state index contributed by atoms with van der Waals surface area (Å²) in [5, 5.41) is 10.7. The molecule has 0 unspecified atom stereocenters. The van der Waals surface area contributed by atoms with Gasteiger partial charge in [0.25, 0.3) is 5.91 Å². The lowest BCUT2D eigenvalue weighted by molar-refractivity contribution is -0.114. The van der Waals surface area contributed by atoms with Crippen molar-refractivity contribution in [3.8, 4) is 11.5 Å². The number of benzene rings is 2. The number of nitrogens with zero attached hydrogens (tertiary/aromatic N) is 3. The third kappa shape index (κ3) is 3.76. The van der Waals surface area contributed by atoms with Crippen LogP contribution in [-0.4, -0.2) is 40.9 Å². The SMILES string of the molecule is COc1ccccc1OCCn1cc(C=C2C(=N)N3OC(C)=CC3=NC2=O)c2ccccc21. The highest BCUT2D eigenvalue weighted by Gasteiger charge is 2.34. The number of carbonyl (C=O) groups excluding carboxylic acids is 1. The van der Waals surface area contributed by atoms with Crippen LogP contribution in [0.5, 0.6) is 11.5 Å². The second-order valence-corrected chi connectivity index (χ2v) is 7.62. The molecule has 0 aliphatic carbocycles. The normalized spacial score (nSPS) is 16.5. The van der Waals surface area contributed by atoms with E-state index in [0.29, 0.717) is 36.2 Å². The number of ether oxygens (including phenoxy) is 2. The van der Waals surface area contributed by atoms with E-state index in [1.54, 1.807) is 26.2 Å². The van der Waals surface area contributed by atoms with Gasteiger partial charge in [0, 0.05) is 28.7 Å². The van der Waals surface area contributed by atoms with Gasteiger partial charge in [0.1, 0.15) is 12.4 Å². The Hall–Kier alpha value is -4.33. The van der Waals surface area contributed by atoms with Gasteiger partial charge in [-0.15, -0.1) is 5.06 Å².